The molecule has 0 atom stereocenters. The average Bonchev–Trinajstić information content (AvgIpc) is 3.07. The second-order valence-corrected chi connectivity index (χ2v) is 10.2. The number of hydrogen-bond acceptors (Lipinski definition) is 3. The van der Waals surface area contributed by atoms with Crippen molar-refractivity contribution in [2.24, 2.45) is 0 Å². The minimum atomic E-state index is -0.245. The van der Waals surface area contributed by atoms with Crippen LogP contribution in [0.1, 0.15) is 91.9 Å². The van der Waals surface area contributed by atoms with Gasteiger partial charge in [0, 0.05) is 10.3 Å². The molecule has 1 aliphatic rings. The van der Waals surface area contributed by atoms with Crippen molar-refractivity contribution in [3.8, 4) is 0 Å². The first-order valence-electron chi connectivity index (χ1n) is 10.1. The smallest absolute Gasteiger partial charge is 0.338 e. The van der Waals surface area contributed by atoms with E-state index in [2.05, 4.69) is 59.8 Å². The summed E-state index contributed by atoms with van der Waals surface area (Å²) in [5, 5.41) is 1.88. The van der Waals surface area contributed by atoms with Crippen LogP contribution in [0.4, 0.5) is 0 Å². The van der Waals surface area contributed by atoms with Crippen LogP contribution < -0.4 is 0 Å². The molecule has 1 heterocycles. The lowest BCUT2D eigenvalue weighted by Gasteiger charge is -2.42. The Balaban J connectivity index is 2.00. The third kappa shape index (κ3) is 3.96. The molecule has 0 amide bonds. The van der Waals surface area contributed by atoms with Gasteiger partial charge >= 0.3 is 5.97 Å². The Bertz CT molecular complexity index is 928. The van der Waals surface area contributed by atoms with E-state index in [1.165, 1.54) is 40.7 Å². The SMILES string of the molecule is CCOC(=O)c1csc(/C=C(\C)c2cc3c(cc2C)C(C)(C)CCC3(C)C)c1. The van der Waals surface area contributed by atoms with Gasteiger partial charge in [0.05, 0.1) is 12.2 Å². The second kappa shape index (κ2) is 7.51. The molecule has 0 bridgehead atoms. The Labute approximate surface area is 173 Å². The Morgan fingerprint density at radius 3 is 2.32 bits per heavy atom. The van der Waals surface area contributed by atoms with Crippen LogP contribution >= 0.6 is 11.3 Å². The Morgan fingerprint density at radius 1 is 1.11 bits per heavy atom. The summed E-state index contributed by atoms with van der Waals surface area (Å²) in [7, 11) is 0. The van der Waals surface area contributed by atoms with Gasteiger partial charge in [0.2, 0.25) is 0 Å². The van der Waals surface area contributed by atoms with E-state index in [1.807, 2.05) is 18.4 Å². The molecule has 0 aliphatic heterocycles. The molecule has 2 nitrogen and oxygen atoms in total. The number of hydrogen-bond donors (Lipinski definition) is 0. The first-order chi connectivity index (χ1) is 13.0. The number of rotatable bonds is 4. The van der Waals surface area contributed by atoms with E-state index in [4.69, 9.17) is 4.74 Å². The zero-order valence-corrected chi connectivity index (χ0v) is 19.0. The summed E-state index contributed by atoms with van der Waals surface area (Å²) in [6.45, 7) is 16.1. The van der Waals surface area contributed by atoms with Crippen LogP contribution in [0.5, 0.6) is 0 Å². The molecule has 0 spiro atoms. The highest BCUT2D eigenvalue weighted by atomic mass is 32.1. The molecule has 0 radical (unpaired) electrons. The fourth-order valence-electron chi connectivity index (χ4n) is 4.19. The number of esters is 1. The third-order valence-electron chi connectivity index (χ3n) is 6.11. The van der Waals surface area contributed by atoms with Crippen LogP contribution in [-0.4, -0.2) is 12.6 Å². The predicted molar refractivity (Wildman–Crippen MR) is 120 cm³/mol. The summed E-state index contributed by atoms with van der Waals surface area (Å²) < 4.78 is 5.10. The third-order valence-corrected chi connectivity index (χ3v) is 6.99. The minimum absolute atomic E-state index is 0.202. The summed E-state index contributed by atoms with van der Waals surface area (Å²) in [5.41, 5.74) is 7.90. The maximum absolute atomic E-state index is 11.9. The highest BCUT2D eigenvalue weighted by molar-refractivity contribution is 7.11. The number of carbonyl (C=O) groups excluding carboxylic acids is 1. The molecular formula is C25H32O2S. The molecule has 0 N–H and O–H groups in total. The zero-order valence-electron chi connectivity index (χ0n) is 18.2. The van der Waals surface area contributed by atoms with Crippen LogP contribution in [0, 0.1) is 6.92 Å². The van der Waals surface area contributed by atoms with E-state index in [-0.39, 0.29) is 16.8 Å². The standard InChI is InChI=1S/C25H32O2S/c1-8-27-23(26)18-13-19(28-15-18)11-16(2)20-14-22-21(12-17(20)3)24(4,5)9-10-25(22,6)7/h11-15H,8-10H2,1-7H3/b16-11+. The molecular weight excluding hydrogens is 364 g/mol. The van der Waals surface area contributed by atoms with E-state index in [9.17, 15) is 4.79 Å². The van der Waals surface area contributed by atoms with Gasteiger partial charge in [0.15, 0.2) is 0 Å². The molecule has 1 aromatic carbocycles. The van der Waals surface area contributed by atoms with E-state index in [0.717, 1.165) is 4.88 Å². The van der Waals surface area contributed by atoms with Crippen molar-refractivity contribution in [2.45, 2.75) is 72.1 Å². The summed E-state index contributed by atoms with van der Waals surface area (Å²) in [6, 6.07) is 6.74. The van der Waals surface area contributed by atoms with Gasteiger partial charge in [-0.2, -0.15) is 0 Å². The van der Waals surface area contributed by atoms with Crippen molar-refractivity contribution in [2.75, 3.05) is 6.61 Å². The quantitative estimate of drug-likeness (QED) is 0.513. The topological polar surface area (TPSA) is 26.3 Å². The molecule has 0 fully saturated rings. The minimum Gasteiger partial charge on any atom is -0.462 e. The molecule has 0 unspecified atom stereocenters. The Kier molecular flexibility index (Phi) is 5.60. The maximum Gasteiger partial charge on any atom is 0.338 e. The summed E-state index contributed by atoms with van der Waals surface area (Å²) in [5.74, 6) is -0.245. The van der Waals surface area contributed by atoms with Gasteiger partial charge in [-0.15, -0.1) is 11.3 Å². The number of allylic oxidation sites excluding steroid dienone is 1. The largest absolute Gasteiger partial charge is 0.462 e. The summed E-state index contributed by atoms with van der Waals surface area (Å²) in [4.78, 5) is 13.0. The van der Waals surface area contributed by atoms with Gasteiger partial charge in [-0.25, -0.2) is 4.79 Å². The predicted octanol–water partition coefficient (Wildman–Crippen LogP) is 7.14. The van der Waals surface area contributed by atoms with Crippen LogP contribution in [0.2, 0.25) is 0 Å². The molecule has 0 saturated carbocycles. The Morgan fingerprint density at radius 2 is 1.71 bits per heavy atom. The number of carbonyl (C=O) groups is 1. The number of fused-ring (bicyclic) bond motifs is 1. The summed E-state index contributed by atoms with van der Waals surface area (Å²) >= 11 is 1.58. The van der Waals surface area contributed by atoms with Crippen LogP contribution in [0.25, 0.3) is 11.6 Å². The van der Waals surface area contributed by atoms with Crippen LogP contribution in [0.15, 0.2) is 23.6 Å². The fraction of sp³-hybridized carbons (Fsp3) is 0.480. The molecule has 1 aliphatic carbocycles. The highest BCUT2D eigenvalue weighted by Crippen LogP contribution is 2.47. The molecule has 0 saturated heterocycles. The van der Waals surface area contributed by atoms with Gasteiger partial charge in [0.25, 0.3) is 0 Å². The summed E-state index contributed by atoms with van der Waals surface area (Å²) in [6.07, 6.45) is 4.63. The molecule has 3 heteroatoms. The van der Waals surface area contributed by atoms with Gasteiger partial charge in [-0.05, 0) is 84.4 Å². The Hall–Kier alpha value is -1.87. The van der Waals surface area contributed by atoms with Gasteiger partial charge in [0.1, 0.15) is 0 Å². The normalized spacial score (nSPS) is 17.9. The second-order valence-electron chi connectivity index (χ2n) is 9.27. The molecule has 2 aromatic rings. The fourth-order valence-corrected chi connectivity index (χ4v) is 5.06. The van der Waals surface area contributed by atoms with Crippen molar-refractivity contribution in [1.29, 1.82) is 0 Å². The molecule has 150 valence electrons. The van der Waals surface area contributed by atoms with Gasteiger partial charge in [-0.3, -0.25) is 0 Å². The van der Waals surface area contributed by atoms with Crippen LogP contribution in [0.3, 0.4) is 0 Å². The average molecular weight is 397 g/mol. The van der Waals surface area contributed by atoms with E-state index in [1.54, 1.807) is 11.3 Å². The van der Waals surface area contributed by atoms with Gasteiger partial charge < -0.3 is 4.74 Å². The van der Waals surface area contributed by atoms with Crippen LogP contribution in [-0.2, 0) is 15.6 Å². The van der Waals surface area contributed by atoms with Gasteiger partial charge in [-0.1, -0.05) is 39.8 Å². The lowest BCUT2D eigenvalue weighted by Crippen LogP contribution is -2.34. The lowest BCUT2D eigenvalue weighted by atomic mass is 9.62. The first kappa shape index (κ1) is 20.9. The van der Waals surface area contributed by atoms with Crippen molar-refractivity contribution in [3.63, 3.8) is 0 Å². The first-order valence-corrected chi connectivity index (χ1v) is 11.0. The zero-order chi connectivity index (χ0) is 20.7. The maximum atomic E-state index is 11.9. The number of benzene rings is 1. The van der Waals surface area contributed by atoms with Crippen molar-refractivity contribution in [3.05, 3.63) is 56.3 Å². The van der Waals surface area contributed by atoms with Crippen molar-refractivity contribution >= 4 is 29.0 Å². The number of aryl methyl sites for hydroxylation is 1. The van der Waals surface area contributed by atoms with E-state index >= 15 is 0 Å². The van der Waals surface area contributed by atoms with Crippen molar-refractivity contribution in [1.82, 2.24) is 0 Å². The molecule has 28 heavy (non-hydrogen) atoms. The van der Waals surface area contributed by atoms with E-state index in [0.29, 0.717) is 12.2 Å². The lowest BCUT2D eigenvalue weighted by molar-refractivity contribution is 0.0527. The number of thiophene rings is 1. The monoisotopic (exact) mass is 396 g/mol. The van der Waals surface area contributed by atoms with E-state index < -0.39 is 0 Å². The van der Waals surface area contributed by atoms with Crippen molar-refractivity contribution < 1.29 is 9.53 Å². The highest BCUT2D eigenvalue weighted by Gasteiger charge is 2.37. The molecule has 1 aromatic heterocycles. The number of ether oxygens (including phenoxy) is 1. The molecule has 3 rings (SSSR count).